The molecule has 0 aliphatic carbocycles. The molecule has 2 aliphatic heterocycles. The van der Waals surface area contributed by atoms with Crippen molar-refractivity contribution in [2.75, 3.05) is 49.9 Å². The molecule has 2 saturated heterocycles. The number of hydrogen-bond acceptors (Lipinski definition) is 10. The lowest BCUT2D eigenvalue weighted by molar-refractivity contribution is 0.0826. The Balaban J connectivity index is 0.892. The van der Waals surface area contributed by atoms with Crippen LogP contribution in [-0.4, -0.2) is 81.2 Å². The number of rotatable bonds is 12. The van der Waals surface area contributed by atoms with Crippen LogP contribution < -0.4 is 10.6 Å². The van der Waals surface area contributed by atoms with E-state index in [4.69, 9.17) is 9.47 Å². The number of hydrogen-bond donors (Lipinski definition) is 2. The van der Waals surface area contributed by atoms with Crippen molar-refractivity contribution in [2.45, 2.75) is 59.2 Å². The molecular weight excluding hydrogens is 644 g/mol. The molecule has 2 aromatic heterocycles. The van der Waals surface area contributed by atoms with Gasteiger partial charge in [0.2, 0.25) is 0 Å². The number of nitrogens with one attached hydrogen (secondary N) is 2. The third-order valence-electron chi connectivity index (χ3n) is 9.91. The number of piperidine rings is 2. The van der Waals surface area contributed by atoms with Crippen LogP contribution in [0.25, 0.3) is 0 Å². The Hall–Kier alpha value is -5.26. The zero-order chi connectivity index (χ0) is 35.4. The zero-order valence-corrected chi connectivity index (χ0v) is 29.6. The van der Waals surface area contributed by atoms with Crippen LogP contribution in [0.1, 0.15) is 59.2 Å². The van der Waals surface area contributed by atoms with Crippen molar-refractivity contribution in [3.63, 3.8) is 0 Å². The highest BCUT2D eigenvalue weighted by Crippen LogP contribution is 2.23. The maximum atomic E-state index is 12.8. The fourth-order valence-corrected chi connectivity index (χ4v) is 6.54. The van der Waals surface area contributed by atoms with E-state index in [1.807, 2.05) is 49.4 Å². The quantitative estimate of drug-likeness (QED) is 0.172. The summed E-state index contributed by atoms with van der Waals surface area (Å²) in [7, 11) is 0. The Morgan fingerprint density at radius 1 is 0.686 bits per heavy atom. The van der Waals surface area contributed by atoms with Crippen LogP contribution in [0.3, 0.4) is 0 Å². The van der Waals surface area contributed by atoms with Gasteiger partial charge in [0.05, 0.1) is 5.69 Å². The molecule has 0 bridgehead atoms. The summed E-state index contributed by atoms with van der Waals surface area (Å²) in [5.41, 5.74) is 6.08. The Labute approximate surface area is 300 Å². The standard InChI is InChI=1S/C39H48N8O4/c1-28-21-40-26-44-36(28)41-22-31-12-16-47(17-13-31)39(49)51-25-34-10-8-30(9-11-34)20-35-29(2)37(45-27-43-35)42-23-32-14-18-46(19-15-32)38(48)50-24-33-6-4-3-5-7-33/h3-11,21,26-27,31-32H,12-20,22-25H2,1-2H3,(H,40,41,44)(H,42,43,45). The van der Waals surface area contributed by atoms with Gasteiger partial charge in [-0.2, -0.15) is 0 Å². The average molecular weight is 693 g/mol. The van der Waals surface area contributed by atoms with E-state index in [1.54, 1.807) is 28.7 Å². The first-order valence-electron chi connectivity index (χ1n) is 17.9. The maximum absolute atomic E-state index is 12.8. The fraction of sp³-hybridized carbons (Fsp3) is 0.436. The summed E-state index contributed by atoms with van der Waals surface area (Å²) in [6.45, 7) is 8.94. The lowest BCUT2D eigenvalue weighted by atomic mass is 9.97. The molecule has 0 spiro atoms. The summed E-state index contributed by atoms with van der Waals surface area (Å²) in [5, 5.41) is 6.95. The summed E-state index contributed by atoms with van der Waals surface area (Å²) in [4.78, 5) is 46.4. The van der Waals surface area contributed by atoms with Gasteiger partial charge in [0.25, 0.3) is 0 Å². The normalized spacial score (nSPS) is 15.3. The first-order chi connectivity index (χ1) is 24.9. The van der Waals surface area contributed by atoms with E-state index < -0.39 is 0 Å². The molecule has 6 rings (SSSR count). The van der Waals surface area contributed by atoms with Crippen LogP contribution in [0.4, 0.5) is 21.2 Å². The number of carbonyl (C=O) groups is 2. The van der Waals surface area contributed by atoms with Gasteiger partial charge in [-0.15, -0.1) is 0 Å². The molecule has 4 aromatic rings. The topological polar surface area (TPSA) is 135 Å². The molecule has 4 heterocycles. The van der Waals surface area contributed by atoms with Crippen LogP contribution in [0.2, 0.25) is 0 Å². The number of likely N-dealkylation sites (tertiary alicyclic amines) is 2. The highest BCUT2D eigenvalue weighted by Gasteiger charge is 2.25. The van der Waals surface area contributed by atoms with Gasteiger partial charge in [-0.3, -0.25) is 0 Å². The number of aromatic nitrogens is 4. The van der Waals surface area contributed by atoms with Crippen LogP contribution in [0.5, 0.6) is 0 Å². The molecule has 2 N–H and O–H groups in total. The van der Waals surface area contributed by atoms with Crippen molar-refractivity contribution >= 4 is 23.8 Å². The highest BCUT2D eigenvalue weighted by molar-refractivity contribution is 5.68. The molecule has 12 heteroatoms. The van der Waals surface area contributed by atoms with E-state index in [0.717, 1.165) is 83.9 Å². The number of ether oxygens (including phenoxy) is 2. The van der Waals surface area contributed by atoms with Crippen LogP contribution in [0.15, 0.2) is 73.4 Å². The number of anilines is 2. The van der Waals surface area contributed by atoms with Gasteiger partial charge in [0, 0.05) is 63.0 Å². The highest BCUT2D eigenvalue weighted by atomic mass is 16.6. The third-order valence-corrected chi connectivity index (χ3v) is 9.91. The SMILES string of the molecule is Cc1cncnc1NCC1CCN(C(=O)OCc2ccc(Cc3ncnc(NCC4CCN(C(=O)OCc5ccccc5)CC4)c3C)cc2)CC1. The molecule has 0 saturated carbocycles. The number of amides is 2. The summed E-state index contributed by atoms with van der Waals surface area (Å²) in [6, 6.07) is 17.9. The minimum Gasteiger partial charge on any atom is -0.445 e. The van der Waals surface area contributed by atoms with Crippen LogP contribution in [0, 0.1) is 25.7 Å². The Morgan fingerprint density at radius 3 is 1.80 bits per heavy atom. The van der Waals surface area contributed by atoms with Crippen molar-refractivity contribution in [1.82, 2.24) is 29.7 Å². The van der Waals surface area contributed by atoms with Crippen molar-refractivity contribution in [3.05, 3.63) is 107 Å². The van der Waals surface area contributed by atoms with Crippen LogP contribution >= 0.6 is 0 Å². The smallest absolute Gasteiger partial charge is 0.410 e. The Morgan fingerprint density at radius 2 is 1.22 bits per heavy atom. The summed E-state index contributed by atoms with van der Waals surface area (Å²) >= 11 is 0. The lowest BCUT2D eigenvalue weighted by Gasteiger charge is -2.31. The molecule has 2 aliphatic rings. The minimum absolute atomic E-state index is 0.238. The van der Waals surface area contributed by atoms with Crippen LogP contribution in [-0.2, 0) is 29.1 Å². The molecule has 12 nitrogen and oxygen atoms in total. The summed E-state index contributed by atoms with van der Waals surface area (Å²) in [6.07, 6.45) is 8.80. The monoisotopic (exact) mass is 692 g/mol. The summed E-state index contributed by atoms with van der Waals surface area (Å²) in [5.74, 6) is 2.63. The van der Waals surface area contributed by atoms with E-state index in [-0.39, 0.29) is 18.8 Å². The van der Waals surface area contributed by atoms with Crippen molar-refractivity contribution in [3.8, 4) is 0 Å². The zero-order valence-electron chi connectivity index (χ0n) is 29.6. The van der Waals surface area contributed by atoms with Gasteiger partial charge in [-0.25, -0.2) is 29.5 Å². The number of aryl methyl sites for hydroxylation is 1. The number of nitrogens with zero attached hydrogens (tertiary/aromatic N) is 6. The van der Waals surface area contributed by atoms with Gasteiger partial charge in [0.1, 0.15) is 37.5 Å². The predicted molar refractivity (Wildman–Crippen MR) is 195 cm³/mol. The second-order valence-corrected chi connectivity index (χ2v) is 13.6. The molecule has 2 amide bonds. The minimum atomic E-state index is -0.263. The molecule has 0 atom stereocenters. The molecule has 0 unspecified atom stereocenters. The Bertz CT molecular complexity index is 1720. The lowest BCUT2D eigenvalue weighted by Crippen LogP contribution is -2.40. The Kier molecular flexibility index (Phi) is 12.3. The van der Waals surface area contributed by atoms with Gasteiger partial charge >= 0.3 is 12.2 Å². The molecular formula is C39H48N8O4. The van der Waals surface area contributed by atoms with Gasteiger partial charge < -0.3 is 29.9 Å². The van der Waals surface area contributed by atoms with Crippen molar-refractivity contribution < 1.29 is 19.1 Å². The van der Waals surface area contributed by atoms with E-state index in [9.17, 15) is 9.59 Å². The molecule has 268 valence electrons. The van der Waals surface area contributed by atoms with E-state index >= 15 is 0 Å². The first kappa shape index (κ1) is 35.6. The predicted octanol–water partition coefficient (Wildman–Crippen LogP) is 6.40. The van der Waals surface area contributed by atoms with Crippen molar-refractivity contribution in [1.29, 1.82) is 0 Å². The molecule has 51 heavy (non-hydrogen) atoms. The van der Waals surface area contributed by atoms with Gasteiger partial charge in [0.15, 0.2) is 0 Å². The second kappa shape index (κ2) is 17.6. The largest absolute Gasteiger partial charge is 0.445 e. The average Bonchev–Trinajstić information content (AvgIpc) is 3.17. The fourth-order valence-electron chi connectivity index (χ4n) is 6.54. The molecule has 2 fully saturated rings. The first-order valence-corrected chi connectivity index (χ1v) is 17.9. The second-order valence-electron chi connectivity index (χ2n) is 13.6. The van der Waals surface area contributed by atoms with Gasteiger partial charge in [-0.05, 0) is 68.1 Å². The van der Waals surface area contributed by atoms with Crippen molar-refractivity contribution in [2.24, 2.45) is 11.8 Å². The van der Waals surface area contributed by atoms with E-state index in [0.29, 0.717) is 51.0 Å². The number of benzene rings is 2. The van der Waals surface area contributed by atoms with E-state index in [2.05, 4.69) is 49.6 Å². The molecule has 0 radical (unpaired) electrons. The molecule has 2 aromatic carbocycles. The van der Waals surface area contributed by atoms with E-state index in [1.165, 1.54) is 0 Å². The maximum Gasteiger partial charge on any atom is 0.410 e. The van der Waals surface area contributed by atoms with Gasteiger partial charge in [-0.1, -0.05) is 54.6 Å². The number of carbonyl (C=O) groups excluding carboxylic acids is 2. The summed E-state index contributed by atoms with van der Waals surface area (Å²) < 4.78 is 11.2. The third kappa shape index (κ3) is 10.1.